The first-order valence-electron chi connectivity index (χ1n) is 7.13. The first kappa shape index (κ1) is 17.5. The normalized spacial score (nSPS) is 12.0. The third-order valence-electron chi connectivity index (χ3n) is 2.98. The molecule has 0 aromatic heterocycles. The van der Waals surface area contributed by atoms with Crippen LogP contribution in [-0.4, -0.2) is 27.5 Å². The molecule has 0 amide bonds. The maximum Gasteiger partial charge on any atom is 0.337 e. The van der Waals surface area contributed by atoms with E-state index in [4.69, 9.17) is 8.85 Å². The number of rotatable bonds is 12. The summed E-state index contributed by atoms with van der Waals surface area (Å²) in [5, 5.41) is 0. The van der Waals surface area contributed by atoms with Gasteiger partial charge in [0.05, 0.1) is 0 Å². The molecule has 0 saturated heterocycles. The molecule has 0 aliphatic rings. The Labute approximate surface area is 114 Å². The minimum absolute atomic E-state index is 0.870. The summed E-state index contributed by atoms with van der Waals surface area (Å²) < 4.78 is 12.3. The van der Waals surface area contributed by atoms with Crippen molar-refractivity contribution in [2.24, 2.45) is 0 Å². The fraction of sp³-hybridized carbons (Fsp3) is 1.00. The van der Waals surface area contributed by atoms with Crippen molar-refractivity contribution in [3.05, 3.63) is 0 Å². The van der Waals surface area contributed by atoms with E-state index in [1.807, 2.05) is 0 Å². The van der Waals surface area contributed by atoms with E-state index in [0.717, 1.165) is 50.3 Å². The van der Waals surface area contributed by atoms with Gasteiger partial charge in [-0.1, -0.05) is 33.6 Å². The van der Waals surface area contributed by atoms with Gasteiger partial charge in [0.15, 0.2) is 0 Å². The van der Waals surface area contributed by atoms with Crippen LogP contribution in [0.2, 0.25) is 12.1 Å². The van der Waals surface area contributed by atoms with E-state index in [-0.39, 0.29) is 0 Å². The predicted octanol–water partition coefficient (Wildman–Crippen LogP) is 4.40. The van der Waals surface area contributed by atoms with E-state index in [1.165, 1.54) is 12.8 Å². The number of hydrogen-bond acceptors (Lipinski definition) is 3. The predicted molar refractivity (Wildman–Crippen MR) is 81.2 cm³/mol. The molecule has 0 spiro atoms. The van der Waals surface area contributed by atoms with Gasteiger partial charge in [-0.2, -0.15) is 12.6 Å². The van der Waals surface area contributed by atoms with Gasteiger partial charge >= 0.3 is 8.56 Å². The molecule has 104 valence electrons. The van der Waals surface area contributed by atoms with Crippen LogP contribution in [0, 0.1) is 0 Å². The van der Waals surface area contributed by atoms with Gasteiger partial charge in [-0.05, 0) is 37.1 Å². The van der Waals surface area contributed by atoms with E-state index in [1.54, 1.807) is 0 Å². The first-order chi connectivity index (χ1) is 8.24. The Balaban J connectivity index is 4.17. The Morgan fingerprint density at radius 2 is 1.41 bits per heavy atom. The van der Waals surface area contributed by atoms with Crippen LogP contribution in [-0.2, 0) is 8.85 Å². The van der Waals surface area contributed by atoms with Crippen molar-refractivity contribution in [2.45, 2.75) is 65.0 Å². The van der Waals surface area contributed by atoms with Crippen LogP contribution in [0.3, 0.4) is 0 Å². The Hall–Kier alpha value is 0.487. The number of thiol groups is 1. The van der Waals surface area contributed by atoms with E-state index < -0.39 is 8.56 Å². The molecule has 17 heavy (non-hydrogen) atoms. The molecule has 0 aliphatic carbocycles. The zero-order valence-electron chi connectivity index (χ0n) is 11.8. The lowest BCUT2D eigenvalue weighted by Gasteiger charge is -2.30. The fourth-order valence-electron chi connectivity index (χ4n) is 1.72. The molecule has 0 heterocycles. The molecule has 0 N–H and O–H groups in total. The molecule has 0 atom stereocenters. The number of unbranched alkanes of at least 4 members (excludes halogenated alkanes) is 2. The van der Waals surface area contributed by atoms with E-state index >= 15 is 0 Å². The summed E-state index contributed by atoms with van der Waals surface area (Å²) >= 11 is 4.30. The molecular weight excluding hydrogens is 248 g/mol. The third kappa shape index (κ3) is 8.24. The molecule has 0 saturated carbocycles. The second-order valence-corrected chi connectivity index (χ2v) is 8.55. The Bertz CT molecular complexity index is 157. The van der Waals surface area contributed by atoms with Crippen molar-refractivity contribution in [1.29, 1.82) is 0 Å². The summed E-state index contributed by atoms with van der Waals surface area (Å²) in [5.41, 5.74) is 0. The zero-order chi connectivity index (χ0) is 13.0. The van der Waals surface area contributed by atoms with E-state index in [2.05, 4.69) is 33.4 Å². The highest BCUT2D eigenvalue weighted by atomic mass is 32.1. The molecule has 0 bridgehead atoms. The summed E-state index contributed by atoms with van der Waals surface area (Å²) in [7, 11) is -1.91. The lowest BCUT2D eigenvalue weighted by atomic mass is 10.4. The highest BCUT2D eigenvalue weighted by Gasteiger charge is 2.34. The maximum absolute atomic E-state index is 6.15. The largest absolute Gasteiger partial charge is 0.394 e. The lowest BCUT2D eigenvalue weighted by molar-refractivity contribution is 0.163. The van der Waals surface area contributed by atoms with Gasteiger partial charge in [-0.15, -0.1) is 0 Å². The van der Waals surface area contributed by atoms with Crippen molar-refractivity contribution in [3.63, 3.8) is 0 Å². The topological polar surface area (TPSA) is 18.5 Å². The molecule has 2 nitrogen and oxygen atoms in total. The van der Waals surface area contributed by atoms with Gasteiger partial charge in [0.2, 0.25) is 0 Å². The van der Waals surface area contributed by atoms with Crippen LogP contribution in [0.15, 0.2) is 0 Å². The Morgan fingerprint density at radius 3 is 1.76 bits per heavy atom. The highest BCUT2D eigenvalue weighted by Crippen LogP contribution is 2.22. The minimum Gasteiger partial charge on any atom is -0.394 e. The van der Waals surface area contributed by atoms with Gasteiger partial charge in [-0.3, -0.25) is 0 Å². The van der Waals surface area contributed by atoms with Crippen LogP contribution in [0.5, 0.6) is 0 Å². The quantitative estimate of drug-likeness (QED) is 0.324. The van der Waals surface area contributed by atoms with Crippen LogP contribution in [0.25, 0.3) is 0 Å². The van der Waals surface area contributed by atoms with Gasteiger partial charge in [0.1, 0.15) is 0 Å². The van der Waals surface area contributed by atoms with Crippen molar-refractivity contribution < 1.29 is 8.85 Å². The van der Waals surface area contributed by atoms with Crippen LogP contribution < -0.4 is 0 Å². The molecule has 0 unspecified atom stereocenters. The highest BCUT2D eigenvalue weighted by molar-refractivity contribution is 7.80. The summed E-state index contributed by atoms with van der Waals surface area (Å²) in [5.74, 6) is 0.934. The standard InChI is InChI=1S/C13H30O2SSi/c1-4-7-10-14-17(6-3,13-9-12-16)15-11-8-5-2/h16H,4-13H2,1-3H3. The molecule has 4 heteroatoms. The van der Waals surface area contributed by atoms with Crippen LogP contribution in [0.1, 0.15) is 52.9 Å². The van der Waals surface area contributed by atoms with Gasteiger partial charge in [0.25, 0.3) is 0 Å². The summed E-state index contributed by atoms with van der Waals surface area (Å²) in [4.78, 5) is 0. The smallest absolute Gasteiger partial charge is 0.337 e. The molecule has 0 fully saturated rings. The molecule has 0 aliphatic heterocycles. The third-order valence-corrected chi connectivity index (χ3v) is 6.95. The van der Waals surface area contributed by atoms with Gasteiger partial charge < -0.3 is 8.85 Å². The Kier molecular flexibility index (Phi) is 11.9. The summed E-state index contributed by atoms with van der Waals surface area (Å²) in [6.07, 6.45) is 5.78. The fourth-order valence-corrected chi connectivity index (χ4v) is 5.06. The maximum atomic E-state index is 6.15. The average molecular weight is 279 g/mol. The summed E-state index contributed by atoms with van der Waals surface area (Å²) in [6.45, 7) is 8.35. The lowest BCUT2D eigenvalue weighted by Crippen LogP contribution is -2.42. The molecule has 0 radical (unpaired) electrons. The van der Waals surface area contributed by atoms with Crippen LogP contribution >= 0.6 is 12.6 Å². The summed E-state index contributed by atoms with van der Waals surface area (Å²) in [6, 6.07) is 2.16. The van der Waals surface area contributed by atoms with Crippen molar-refractivity contribution in [2.75, 3.05) is 19.0 Å². The van der Waals surface area contributed by atoms with E-state index in [9.17, 15) is 0 Å². The Morgan fingerprint density at radius 1 is 0.882 bits per heavy atom. The van der Waals surface area contributed by atoms with Gasteiger partial charge in [0, 0.05) is 13.2 Å². The SMILES string of the molecule is CCCCO[Si](CC)(CCCS)OCCCC. The van der Waals surface area contributed by atoms with Crippen LogP contribution in [0.4, 0.5) is 0 Å². The second kappa shape index (κ2) is 11.6. The van der Waals surface area contributed by atoms with E-state index in [0.29, 0.717) is 0 Å². The second-order valence-electron chi connectivity index (χ2n) is 4.50. The van der Waals surface area contributed by atoms with Crippen molar-refractivity contribution in [1.82, 2.24) is 0 Å². The average Bonchev–Trinajstić information content (AvgIpc) is 2.36. The molecule has 0 rings (SSSR count). The first-order valence-corrected chi connectivity index (χ1v) is 9.99. The zero-order valence-corrected chi connectivity index (χ0v) is 13.7. The molecule has 0 aromatic rings. The molecule has 0 aromatic carbocycles. The molecular formula is C13H30O2SSi. The minimum atomic E-state index is -1.91. The van der Waals surface area contributed by atoms with Crippen molar-refractivity contribution in [3.8, 4) is 0 Å². The van der Waals surface area contributed by atoms with Crippen molar-refractivity contribution >= 4 is 21.2 Å². The monoisotopic (exact) mass is 278 g/mol. The number of hydrogen-bond donors (Lipinski definition) is 1. The van der Waals surface area contributed by atoms with Gasteiger partial charge in [-0.25, -0.2) is 0 Å².